The second-order valence-electron chi connectivity index (χ2n) is 11.0. The predicted octanol–water partition coefficient (Wildman–Crippen LogP) is 3.49. The van der Waals surface area contributed by atoms with Gasteiger partial charge in [0.05, 0.1) is 17.1 Å². The van der Waals surface area contributed by atoms with Gasteiger partial charge in [0.2, 0.25) is 5.91 Å². The van der Waals surface area contributed by atoms with Crippen molar-refractivity contribution in [1.82, 2.24) is 9.80 Å². The number of hydrogen-bond acceptors (Lipinski definition) is 6. The van der Waals surface area contributed by atoms with Gasteiger partial charge in [0, 0.05) is 38.2 Å². The van der Waals surface area contributed by atoms with E-state index in [2.05, 4.69) is 11.5 Å². The van der Waals surface area contributed by atoms with Gasteiger partial charge in [0.1, 0.15) is 6.10 Å². The van der Waals surface area contributed by atoms with E-state index >= 15 is 0 Å². The molecule has 2 aliphatic carbocycles. The summed E-state index contributed by atoms with van der Waals surface area (Å²) in [6.07, 6.45) is 7.38. The molecule has 0 radical (unpaired) electrons. The van der Waals surface area contributed by atoms with Gasteiger partial charge in [-0.25, -0.2) is 0 Å². The number of ether oxygens (including phenoxy) is 2. The van der Waals surface area contributed by atoms with Crippen LogP contribution in [0.4, 0.5) is 0 Å². The Hall–Kier alpha value is -3.42. The standard InChI is InChI=1S/C31H34N2O5/c1-4-17-33-18-16-30-27-22-11-12-24(37-20(2)34)28(27)38-29(30)23(14-15-31(30,36)25(33)19-22)32(3)26(35)13-10-21-8-6-5-7-9-21/h4-13,23,25,29,36H,1,14-19H2,2-3H3/t23-,25+,29-,30-,31+/m0/s1. The monoisotopic (exact) mass is 514 g/mol. The molecule has 5 atom stereocenters. The van der Waals surface area contributed by atoms with Crippen LogP contribution in [0, 0.1) is 0 Å². The molecule has 2 fully saturated rings. The third-order valence-corrected chi connectivity index (χ3v) is 9.21. The molecule has 2 bridgehead atoms. The maximum atomic E-state index is 13.4. The zero-order valence-electron chi connectivity index (χ0n) is 21.9. The largest absolute Gasteiger partial charge is 0.483 e. The summed E-state index contributed by atoms with van der Waals surface area (Å²) in [6, 6.07) is 13.2. The number of rotatable bonds is 6. The number of esters is 1. The molecular weight excluding hydrogens is 480 g/mol. The summed E-state index contributed by atoms with van der Waals surface area (Å²) in [5, 5.41) is 12.6. The van der Waals surface area contributed by atoms with Gasteiger partial charge in [-0.15, -0.1) is 6.58 Å². The van der Waals surface area contributed by atoms with Crippen molar-refractivity contribution in [2.45, 2.75) is 61.8 Å². The summed E-state index contributed by atoms with van der Waals surface area (Å²) in [4.78, 5) is 29.4. The maximum absolute atomic E-state index is 13.4. The summed E-state index contributed by atoms with van der Waals surface area (Å²) in [5.41, 5.74) is 1.29. The Bertz CT molecular complexity index is 1320. The molecule has 2 aromatic rings. The highest BCUT2D eigenvalue weighted by atomic mass is 16.6. The zero-order valence-corrected chi connectivity index (χ0v) is 21.9. The van der Waals surface area contributed by atoms with E-state index in [1.807, 2.05) is 55.6 Å². The van der Waals surface area contributed by atoms with Crippen LogP contribution < -0.4 is 9.47 Å². The Morgan fingerprint density at radius 2 is 2.03 bits per heavy atom. The van der Waals surface area contributed by atoms with E-state index in [0.29, 0.717) is 43.7 Å². The highest BCUT2D eigenvalue weighted by Gasteiger charge is 2.73. The fourth-order valence-electron chi connectivity index (χ4n) is 7.62. The number of likely N-dealkylation sites (tertiary alicyclic amines) is 1. The molecule has 6 rings (SSSR count). The highest BCUT2D eigenvalue weighted by Crippen LogP contribution is 2.65. The van der Waals surface area contributed by atoms with Gasteiger partial charge in [0.15, 0.2) is 11.5 Å². The fraction of sp³-hybridized carbons (Fsp3) is 0.419. The molecule has 0 aromatic heterocycles. The van der Waals surface area contributed by atoms with Crippen LogP contribution in [0.25, 0.3) is 6.08 Å². The molecule has 1 saturated carbocycles. The number of likely N-dealkylation sites (N-methyl/N-ethyl adjacent to an activating group) is 1. The van der Waals surface area contributed by atoms with Gasteiger partial charge in [-0.2, -0.15) is 0 Å². The third-order valence-electron chi connectivity index (χ3n) is 9.21. The van der Waals surface area contributed by atoms with Crippen LogP contribution >= 0.6 is 0 Å². The number of aliphatic hydroxyl groups is 1. The van der Waals surface area contributed by atoms with Crippen molar-refractivity contribution in [2.75, 3.05) is 20.1 Å². The first-order valence-corrected chi connectivity index (χ1v) is 13.4. The molecule has 1 saturated heterocycles. The van der Waals surface area contributed by atoms with Crippen LogP contribution in [0.3, 0.4) is 0 Å². The lowest BCUT2D eigenvalue weighted by Crippen LogP contribution is -2.78. The van der Waals surface area contributed by atoms with E-state index < -0.39 is 23.1 Å². The van der Waals surface area contributed by atoms with E-state index in [4.69, 9.17) is 9.47 Å². The van der Waals surface area contributed by atoms with E-state index in [-0.39, 0.29) is 18.0 Å². The van der Waals surface area contributed by atoms with Crippen molar-refractivity contribution in [3.8, 4) is 11.5 Å². The van der Waals surface area contributed by atoms with Crippen molar-refractivity contribution in [3.05, 3.63) is 77.9 Å². The molecule has 38 heavy (non-hydrogen) atoms. The van der Waals surface area contributed by atoms with Crippen LogP contribution in [0.2, 0.25) is 0 Å². The van der Waals surface area contributed by atoms with Crippen molar-refractivity contribution >= 4 is 18.0 Å². The lowest BCUT2D eigenvalue weighted by molar-refractivity contribution is -0.198. The lowest BCUT2D eigenvalue weighted by atomic mass is 9.48. The Balaban J connectivity index is 1.42. The molecule has 1 spiro atoms. The second-order valence-corrected chi connectivity index (χ2v) is 11.0. The van der Waals surface area contributed by atoms with E-state index in [1.54, 1.807) is 17.0 Å². The van der Waals surface area contributed by atoms with Crippen molar-refractivity contribution < 1.29 is 24.2 Å². The number of piperidine rings is 1. The topological polar surface area (TPSA) is 79.3 Å². The molecule has 0 unspecified atom stereocenters. The van der Waals surface area contributed by atoms with Gasteiger partial charge in [-0.1, -0.05) is 42.5 Å². The number of benzene rings is 2. The van der Waals surface area contributed by atoms with Crippen LogP contribution in [0.5, 0.6) is 11.5 Å². The summed E-state index contributed by atoms with van der Waals surface area (Å²) >= 11 is 0. The lowest BCUT2D eigenvalue weighted by Gasteiger charge is -2.64. The molecule has 198 valence electrons. The summed E-state index contributed by atoms with van der Waals surface area (Å²) in [6.45, 7) is 6.81. The molecule has 1 N–H and O–H groups in total. The first-order valence-electron chi connectivity index (χ1n) is 13.4. The van der Waals surface area contributed by atoms with Gasteiger partial charge in [-0.05, 0) is 55.5 Å². The van der Waals surface area contributed by atoms with Crippen molar-refractivity contribution in [2.24, 2.45) is 0 Å². The number of nitrogens with zero attached hydrogens (tertiary/aromatic N) is 2. The molecule has 2 aliphatic heterocycles. The summed E-state index contributed by atoms with van der Waals surface area (Å²) in [7, 11) is 1.82. The van der Waals surface area contributed by atoms with Gasteiger partial charge >= 0.3 is 5.97 Å². The van der Waals surface area contributed by atoms with Crippen LogP contribution in [-0.2, 0) is 21.4 Å². The number of carbonyl (C=O) groups excluding carboxylic acids is 2. The maximum Gasteiger partial charge on any atom is 0.308 e. The normalized spacial score (nSPS) is 30.9. The second kappa shape index (κ2) is 9.10. The Morgan fingerprint density at radius 3 is 2.76 bits per heavy atom. The van der Waals surface area contributed by atoms with Crippen molar-refractivity contribution in [1.29, 1.82) is 0 Å². The average Bonchev–Trinajstić information content (AvgIpc) is 3.25. The minimum absolute atomic E-state index is 0.0849. The van der Waals surface area contributed by atoms with Crippen LogP contribution in [0.1, 0.15) is 42.9 Å². The molecule has 2 heterocycles. The van der Waals surface area contributed by atoms with Gasteiger partial charge < -0.3 is 19.5 Å². The van der Waals surface area contributed by atoms with Crippen LogP contribution in [0.15, 0.2) is 61.2 Å². The predicted molar refractivity (Wildman–Crippen MR) is 144 cm³/mol. The van der Waals surface area contributed by atoms with Crippen LogP contribution in [-0.4, -0.2) is 70.7 Å². The van der Waals surface area contributed by atoms with Gasteiger partial charge in [-0.3, -0.25) is 14.5 Å². The highest BCUT2D eigenvalue weighted by molar-refractivity contribution is 5.92. The Kier molecular flexibility index (Phi) is 5.96. The molecule has 2 aromatic carbocycles. The quantitative estimate of drug-likeness (QED) is 0.275. The minimum Gasteiger partial charge on any atom is -0.483 e. The summed E-state index contributed by atoms with van der Waals surface area (Å²) in [5.74, 6) is 0.393. The third kappa shape index (κ3) is 3.48. The molecular formula is C31H34N2O5. The van der Waals surface area contributed by atoms with E-state index in [0.717, 1.165) is 23.2 Å². The molecule has 7 nitrogen and oxygen atoms in total. The molecule has 4 aliphatic rings. The van der Waals surface area contributed by atoms with Gasteiger partial charge in [0.25, 0.3) is 0 Å². The first kappa shape index (κ1) is 24.9. The smallest absolute Gasteiger partial charge is 0.308 e. The first-order chi connectivity index (χ1) is 18.3. The summed E-state index contributed by atoms with van der Waals surface area (Å²) < 4.78 is 12.3. The zero-order chi connectivity index (χ0) is 26.7. The molecule has 7 heteroatoms. The molecule has 1 amide bonds. The Labute approximate surface area is 223 Å². The van der Waals surface area contributed by atoms with E-state index in [9.17, 15) is 14.7 Å². The number of hydrogen-bond donors (Lipinski definition) is 1. The SMILES string of the molecule is C=CCN1CC[C@]23c4c5ccc(OC(C)=O)c4O[C@H]2[C@@H](N(C)C(=O)C=Cc2ccccc2)CC[C@@]3(O)[C@H]1C5. The minimum atomic E-state index is -1.04. The average molecular weight is 515 g/mol. The number of amides is 1. The fourth-order valence-corrected chi connectivity index (χ4v) is 7.62. The van der Waals surface area contributed by atoms with E-state index in [1.165, 1.54) is 6.92 Å². The number of carbonyl (C=O) groups is 2. The Morgan fingerprint density at radius 1 is 1.24 bits per heavy atom. The van der Waals surface area contributed by atoms with Crippen molar-refractivity contribution in [3.63, 3.8) is 0 Å².